The van der Waals surface area contributed by atoms with E-state index in [-0.39, 0.29) is 5.69 Å². The van der Waals surface area contributed by atoms with Crippen LogP contribution < -0.4 is 4.74 Å². The summed E-state index contributed by atoms with van der Waals surface area (Å²) < 4.78 is 18.2. The molecule has 0 saturated carbocycles. The lowest BCUT2D eigenvalue weighted by Gasteiger charge is -2.06. The number of benzene rings is 1. The normalized spacial score (nSPS) is 10.2. The molecule has 0 saturated heterocycles. The first-order chi connectivity index (χ1) is 8.11. The van der Waals surface area contributed by atoms with Crippen molar-refractivity contribution in [2.24, 2.45) is 0 Å². The van der Waals surface area contributed by atoms with Crippen LogP contribution >= 0.6 is 0 Å². The summed E-state index contributed by atoms with van der Waals surface area (Å²) >= 11 is 0. The summed E-state index contributed by atoms with van der Waals surface area (Å²) in [6.07, 6.45) is 0. The van der Waals surface area contributed by atoms with E-state index in [0.29, 0.717) is 17.0 Å². The van der Waals surface area contributed by atoms with Crippen molar-refractivity contribution >= 4 is 5.97 Å². The molecule has 2 N–H and O–H groups in total. The zero-order valence-corrected chi connectivity index (χ0v) is 9.03. The Morgan fingerprint density at radius 1 is 1.35 bits per heavy atom. The Labute approximate surface area is 96.7 Å². The van der Waals surface area contributed by atoms with Crippen LogP contribution in [0.4, 0.5) is 4.39 Å². The zero-order valence-electron chi connectivity index (χ0n) is 9.03. The van der Waals surface area contributed by atoms with Gasteiger partial charge in [0.2, 0.25) is 0 Å². The monoisotopic (exact) mass is 235 g/mol. The highest BCUT2D eigenvalue weighted by atomic mass is 19.1. The van der Waals surface area contributed by atoms with Crippen molar-refractivity contribution in [3.63, 3.8) is 0 Å². The average Bonchev–Trinajstić information content (AvgIpc) is 2.78. The van der Waals surface area contributed by atoms with Gasteiger partial charge in [0.15, 0.2) is 0 Å². The second-order valence-corrected chi connectivity index (χ2v) is 3.44. The zero-order chi connectivity index (χ0) is 12.4. The molecule has 0 fully saturated rings. The van der Waals surface area contributed by atoms with Crippen LogP contribution in [-0.4, -0.2) is 23.2 Å². The molecule has 0 aliphatic carbocycles. The number of carboxylic acid groups (broad SMARTS) is 1. The standard InChI is InChI=1S/C12H10FNO3/c1-17-11-5-2-7(13)6-8(11)9-3-4-10(14-9)12(15)16/h2-6,14H,1H3,(H,15,16). The smallest absolute Gasteiger partial charge is 0.352 e. The van der Waals surface area contributed by atoms with E-state index in [1.54, 1.807) is 6.07 Å². The van der Waals surface area contributed by atoms with Crippen LogP contribution in [0.3, 0.4) is 0 Å². The van der Waals surface area contributed by atoms with Gasteiger partial charge in [-0.3, -0.25) is 0 Å². The number of methoxy groups -OCH3 is 1. The van der Waals surface area contributed by atoms with Crippen LogP contribution in [0.1, 0.15) is 10.5 Å². The topological polar surface area (TPSA) is 62.3 Å². The second-order valence-electron chi connectivity index (χ2n) is 3.44. The minimum atomic E-state index is -1.06. The van der Waals surface area contributed by atoms with Crippen molar-refractivity contribution in [3.8, 4) is 17.0 Å². The molecule has 17 heavy (non-hydrogen) atoms. The van der Waals surface area contributed by atoms with E-state index < -0.39 is 11.8 Å². The Bertz CT molecular complexity index is 563. The molecule has 1 aromatic carbocycles. The van der Waals surface area contributed by atoms with Crippen molar-refractivity contribution in [3.05, 3.63) is 41.8 Å². The van der Waals surface area contributed by atoms with Crippen LogP contribution in [0, 0.1) is 5.82 Å². The fourth-order valence-electron chi connectivity index (χ4n) is 1.57. The van der Waals surface area contributed by atoms with Crippen LogP contribution in [0.5, 0.6) is 5.75 Å². The molecule has 0 atom stereocenters. The average molecular weight is 235 g/mol. The number of hydrogen-bond acceptors (Lipinski definition) is 2. The molecule has 1 aromatic heterocycles. The molecule has 0 aliphatic rings. The Kier molecular flexibility index (Phi) is 2.82. The van der Waals surface area contributed by atoms with Crippen LogP contribution in [0.25, 0.3) is 11.3 Å². The summed E-state index contributed by atoms with van der Waals surface area (Å²) in [6.45, 7) is 0. The number of carboxylic acids is 1. The van der Waals surface area contributed by atoms with Gasteiger partial charge in [0.1, 0.15) is 17.3 Å². The largest absolute Gasteiger partial charge is 0.496 e. The van der Waals surface area contributed by atoms with E-state index in [1.165, 1.54) is 31.4 Å². The van der Waals surface area contributed by atoms with Gasteiger partial charge in [0, 0.05) is 11.3 Å². The Morgan fingerprint density at radius 3 is 2.71 bits per heavy atom. The minimum absolute atomic E-state index is 0.0475. The molecule has 0 radical (unpaired) electrons. The molecule has 0 unspecified atom stereocenters. The molecule has 1 heterocycles. The lowest BCUT2D eigenvalue weighted by Crippen LogP contribution is -1.96. The Morgan fingerprint density at radius 2 is 2.12 bits per heavy atom. The van der Waals surface area contributed by atoms with E-state index in [0.717, 1.165) is 0 Å². The third kappa shape index (κ3) is 2.13. The number of ether oxygens (including phenoxy) is 1. The first kappa shape index (κ1) is 11.2. The van der Waals surface area contributed by atoms with Gasteiger partial charge in [-0.1, -0.05) is 0 Å². The molecule has 5 heteroatoms. The summed E-state index contributed by atoms with van der Waals surface area (Å²) in [5, 5.41) is 8.79. The van der Waals surface area contributed by atoms with Gasteiger partial charge in [-0.15, -0.1) is 0 Å². The molecule has 0 bridgehead atoms. The van der Waals surface area contributed by atoms with Gasteiger partial charge in [-0.2, -0.15) is 0 Å². The van der Waals surface area contributed by atoms with Gasteiger partial charge in [-0.05, 0) is 30.3 Å². The quantitative estimate of drug-likeness (QED) is 0.859. The molecule has 0 aliphatic heterocycles. The van der Waals surface area contributed by atoms with Crippen molar-refractivity contribution in [2.45, 2.75) is 0 Å². The van der Waals surface area contributed by atoms with Gasteiger partial charge in [-0.25, -0.2) is 9.18 Å². The number of nitrogens with one attached hydrogen (secondary N) is 1. The highest BCUT2D eigenvalue weighted by Crippen LogP contribution is 2.29. The summed E-state index contributed by atoms with van der Waals surface area (Å²) in [5.74, 6) is -0.996. The maximum Gasteiger partial charge on any atom is 0.352 e. The fourth-order valence-corrected chi connectivity index (χ4v) is 1.57. The van der Waals surface area contributed by atoms with E-state index >= 15 is 0 Å². The third-order valence-corrected chi connectivity index (χ3v) is 2.37. The number of rotatable bonds is 3. The lowest BCUT2D eigenvalue weighted by molar-refractivity contribution is 0.0691. The van der Waals surface area contributed by atoms with Crippen LogP contribution in [-0.2, 0) is 0 Å². The third-order valence-electron chi connectivity index (χ3n) is 2.37. The molecule has 4 nitrogen and oxygen atoms in total. The maximum atomic E-state index is 13.1. The van der Waals surface area contributed by atoms with Gasteiger partial charge >= 0.3 is 5.97 Å². The molecule has 2 aromatic rings. The fraction of sp³-hybridized carbons (Fsp3) is 0.0833. The van der Waals surface area contributed by atoms with E-state index in [1.807, 2.05) is 0 Å². The predicted molar refractivity (Wildman–Crippen MR) is 59.7 cm³/mol. The van der Waals surface area contributed by atoms with Crippen LogP contribution in [0.15, 0.2) is 30.3 Å². The van der Waals surface area contributed by atoms with Crippen molar-refractivity contribution < 1.29 is 19.0 Å². The Hall–Kier alpha value is -2.30. The molecule has 88 valence electrons. The van der Waals surface area contributed by atoms with Gasteiger partial charge in [0.25, 0.3) is 0 Å². The van der Waals surface area contributed by atoms with Crippen LogP contribution in [0.2, 0.25) is 0 Å². The minimum Gasteiger partial charge on any atom is -0.496 e. The molecular weight excluding hydrogens is 225 g/mol. The molecule has 0 spiro atoms. The summed E-state index contributed by atoms with van der Waals surface area (Å²) in [5.41, 5.74) is 1.03. The molecule has 0 amide bonds. The first-order valence-corrected chi connectivity index (χ1v) is 4.88. The number of H-pyrrole nitrogens is 1. The summed E-state index contributed by atoms with van der Waals surface area (Å²) in [6, 6.07) is 7.05. The second kappa shape index (κ2) is 4.29. The van der Waals surface area contributed by atoms with Crippen molar-refractivity contribution in [1.29, 1.82) is 0 Å². The van der Waals surface area contributed by atoms with E-state index in [9.17, 15) is 9.18 Å². The number of aromatic amines is 1. The van der Waals surface area contributed by atoms with Crippen molar-refractivity contribution in [2.75, 3.05) is 7.11 Å². The number of hydrogen-bond donors (Lipinski definition) is 2. The molecule has 2 rings (SSSR count). The number of halogens is 1. The highest BCUT2D eigenvalue weighted by molar-refractivity contribution is 5.87. The number of aromatic carboxylic acids is 1. The van der Waals surface area contributed by atoms with Crippen molar-refractivity contribution in [1.82, 2.24) is 4.98 Å². The number of carbonyl (C=O) groups is 1. The van der Waals surface area contributed by atoms with Gasteiger partial charge < -0.3 is 14.8 Å². The molecular formula is C12H10FNO3. The SMILES string of the molecule is COc1ccc(F)cc1-c1ccc(C(=O)O)[nH]1. The number of aromatic nitrogens is 1. The maximum absolute atomic E-state index is 13.1. The summed E-state index contributed by atoms with van der Waals surface area (Å²) in [4.78, 5) is 13.4. The lowest BCUT2D eigenvalue weighted by atomic mass is 10.1. The first-order valence-electron chi connectivity index (χ1n) is 4.88. The highest BCUT2D eigenvalue weighted by Gasteiger charge is 2.11. The van der Waals surface area contributed by atoms with E-state index in [4.69, 9.17) is 9.84 Å². The van der Waals surface area contributed by atoms with Gasteiger partial charge in [0.05, 0.1) is 7.11 Å². The predicted octanol–water partition coefficient (Wildman–Crippen LogP) is 2.53. The summed E-state index contributed by atoms with van der Waals surface area (Å²) in [7, 11) is 1.47. The van der Waals surface area contributed by atoms with E-state index in [2.05, 4.69) is 4.98 Å². The Balaban J connectivity index is 2.51.